The Morgan fingerprint density at radius 2 is 1.90 bits per heavy atom. The molecule has 6 heteroatoms. The van der Waals surface area contributed by atoms with Gasteiger partial charge in [-0.3, -0.25) is 19.7 Å². The van der Waals surface area contributed by atoms with Crippen molar-refractivity contribution < 1.29 is 19.6 Å². The monoisotopic (exact) mass is 285 g/mol. The third kappa shape index (κ3) is 6.12. The molecular formula is C14H23NO5. The van der Waals surface area contributed by atoms with E-state index in [9.17, 15) is 19.7 Å². The highest BCUT2D eigenvalue weighted by Crippen LogP contribution is 2.32. The molecular weight excluding hydrogens is 262 g/mol. The summed E-state index contributed by atoms with van der Waals surface area (Å²) in [6, 6.07) is 0. The number of carbonyl (C=O) groups excluding carboxylic acids is 1. The lowest BCUT2D eigenvalue weighted by Crippen LogP contribution is -2.21. The van der Waals surface area contributed by atoms with Gasteiger partial charge in [0.25, 0.3) is 0 Å². The molecule has 20 heavy (non-hydrogen) atoms. The Morgan fingerprint density at radius 1 is 1.25 bits per heavy atom. The number of aliphatic carboxylic acids is 1. The Labute approximate surface area is 118 Å². The van der Waals surface area contributed by atoms with E-state index in [-0.39, 0.29) is 35.5 Å². The second-order valence-electron chi connectivity index (χ2n) is 5.59. The highest BCUT2D eigenvalue weighted by Gasteiger charge is 2.36. The standard InChI is InChI=1S/C14H23NO5/c16-13-9-8-11(10-15(19)20)12(13)6-4-2-1-3-5-7-14(17)18/h11-12H,1-10H2,(H,17,18). The summed E-state index contributed by atoms with van der Waals surface area (Å²) in [6.07, 6.45) is 6.53. The maximum absolute atomic E-state index is 11.7. The fourth-order valence-electron chi connectivity index (χ4n) is 2.95. The zero-order chi connectivity index (χ0) is 15.0. The molecule has 2 unspecified atom stereocenters. The van der Waals surface area contributed by atoms with Gasteiger partial charge in [0.1, 0.15) is 5.78 Å². The number of carboxylic acids is 1. The molecule has 1 aliphatic carbocycles. The molecule has 114 valence electrons. The molecule has 0 aromatic carbocycles. The highest BCUT2D eigenvalue weighted by atomic mass is 16.6. The first-order chi connectivity index (χ1) is 9.50. The molecule has 1 saturated carbocycles. The molecule has 0 saturated heterocycles. The molecule has 0 radical (unpaired) electrons. The van der Waals surface area contributed by atoms with E-state index in [1.165, 1.54) is 0 Å². The van der Waals surface area contributed by atoms with Crippen LogP contribution in [0.15, 0.2) is 0 Å². The highest BCUT2D eigenvalue weighted by molar-refractivity contribution is 5.83. The van der Waals surface area contributed by atoms with E-state index in [1.54, 1.807) is 0 Å². The minimum absolute atomic E-state index is 0.0792. The largest absolute Gasteiger partial charge is 0.481 e. The lowest BCUT2D eigenvalue weighted by atomic mass is 9.90. The fraction of sp³-hybridized carbons (Fsp3) is 0.857. The summed E-state index contributed by atoms with van der Waals surface area (Å²) in [7, 11) is 0. The Hall–Kier alpha value is -1.46. The number of Topliss-reactive ketones (excluding diaryl/α,β-unsaturated/α-hetero) is 1. The van der Waals surface area contributed by atoms with Crippen molar-refractivity contribution in [1.82, 2.24) is 0 Å². The van der Waals surface area contributed by atoms with Crippen LogP contribution in [0.5, 0.6) is 0 Å². The lowest BCUT2D eigenvalue weighted by molar-refractivity contribution is -0.489. The molecule has 1 fully saturated rings. The van der Waals surface area contributed by atoms with Crippen LogP contribution in [-0.2, 0) is 9.59 Å². The van der Waals surface area contributed by atoms with Gasteiger partial charge in [0.05, 0.1) is 0 Å². The van der Waals surface area contributed by atoms with Crippen LogP contribution in [0.3, 0.4) is 0 Å². The normalized spacial score (nSPS) is 22.1. The summed E-state index contributed by atoms with van der Waals surface area (Å²) < 4.78 is 0. The molecule has 0 heterocycles. The Balaban J connectivity index is 2.14. The van der Waals surface area contributed by atoms with Gasteiger partial charge < -0.3 is 5.11 Å². The van der Waals surface area contributed by atoms with Crippen LogP contribution >= 0.6 is 0 Å². The maximum Gasteiger partial charge on any atom is 0.303 e. The number of hydrogen-bond donors (Lipinski definition) is 1. The fourth-order valence-corrected chi connectivity index (χ4v) is 2.95. The SMILES string of the molecule is O=C(O)CCCCCCCC1C(=O)CCC1C[N+](=O)[O-]. The van der Waals surface area contributed by atoms with Crippen molar-refractivity contribution in [3.8, 4) is 0 Å². The van der Waals surface area contributed by atoms with Gasteiger partial charge in [-0.25, -0.2) is 0 Å². The molecule has 2 atom stereocenters. The predicted octanol–water partition coefficient (Wildman–Crippen LogP) is 2.67. The van der Waals surface area contributed by atoms with Crippen molar-refractivity contribution >= 4 is 11.8 Å². The summed E-state index contributed by atoms with van der Waals surface area (Å²) in [5, 5.41) is 19.1. The van der Waals surface area contributed by atoms with Gasteiger partial charge in [-0.2, -0.15) is 0 Å². The van der Waals surface area contributed by atoms with E-state index < -0.39 is 5.97 Å². The topological polar surface area (TPSA) is 97.5 Å². The molecule has 1 rings (SSSR count). The summed E-state index contributed by atoms with van der Waals surface area (Å²) in [6.45, 7) is -0.0883. The van der Waals surface area contributed by atoms with Crippen molar-refractivity contribution in [1.29, 1.82) is 0 Å². The smallest absolute Gasteiger partial charge is 0.303 e. The lowest BCUT2D eigenvalue weighted by Gasteiger charge is -2.14. The molecule has 1 N–H and O–H groups in total. The number of hydrogen-bond acceptors (Lipinski definition) is 4. The predicted molar refractivity (Wildman–Crippen MR) is 73.0 cm³/mol. The van der Waals surface area contributed by atoms with Gasteiger partial charge in [-0.15, -0.1) is 0 Å². The number of nitro groups is 1. The molecule has 0 bridgehead atoms. The number of ketones is 1. The quantitative estimate of drug-likeness (QED) is 0.378. The zero-order valence-corrected chi connectivity index (χ0v) is 11.8. The average Bonchev–Trinajstić information content (AvgIpc) is 2.68. The summed E-state index contributed by atoms with van der Waals surface area (Å²) >= 11 is 0. The van der Waals surface area contributed by atoms with Gasteiger partial charge in [-0.05, 0) is 19.3 Å². The Kier molecular flexibility index (Phi) is 7.18. The third-order valence-electron chi connectivity index (χ3n) is 4.03. The molecule has 0 spiro atoms. The van der Waals surface area contributed by atoms with E-state index in [4.69, 9.17) is 5.11 Å². The number of carbonyl (C=O) groups is 2. The van der Waals surface area contributed by atoms with Gasteiger partial charge in [0, 0.05) is 29.6 Å². The zero-order valence-electron chi connectivity index (χ0n) is 11.8. The van der Waals surface area contributed by atoms with E-state index in [0.29, 0.717) is 19.3 Å². The van der Waals surface area contributed by atoms with Gasteiger partial charge >= 0.3 is 5.97 Å². The van der Waals surface area contributed by atoms with Crippen LogP contribution in [0, 0.1) is 22.0 Å². The Morgan fingerprint density at radius 3 is 2.55 bits per heavy atom. The van der Waals surface area contributed by atoms with Gasteiger partial charge in [0.15, 0.2) is 0 Å². The number of unbranched alkanes of at least 4 members (excludes halogenated alkanes) is 4. The minimum Gasteiger partial charge on any atom is -0.481 e. The van der Waals surface area contributed by atoms with E-state index in [1.807, 2.05) is 0 Å². The van der Waals surface area contributed by atoms with Crippen LogP contribution in [0.2, 0.25) is 0 Å². The van der Waals surface area contributed by atoms with Gasteiger partial charge in [-0.1, -0.05) is 25.7 Å². The van der Waals surface area contributed by atoms with Crippen LogP contribution < -0.4 is 0 Å². The summed E-state index contributed by atoms with van der Waals surface area (Å²) in [5.41, 5.74) is 0. The average molecular weight is 285 g/mol. The second kappa shape index (κ2) is 8.66. The molecule has 0 aromatic heterocycles. The number of carboxylic acid groups (broad SMARTS) is 1. The van der Waals surface area contributed by atoms with Crippen molar-refractivity contribution in [3.63, 3.8) is 0 Å². The third-order valence-corrected chi connectivity index (χ3v) is 4.03. The maximum atomic E-state index is 11.7. The number of nitrogens with zero attached hydrogens (tertiary/aromatic N) is 1. The number of rotatable bonds is 10. The first kappa shape index (κ1) is 16.6. The first-order valence-electron chi connectivity index (χ1n) is 7.37. The van der Waals surface area contributed by atoms with E-state index >= 15 is 0 Å². The van der Waals surface area contributed by atoms with Crippen molar-refractivity contribution in [2.24, 2.45) is 11.8 Å². The summed E-state index contributed by atoms with van der Waals surface area (Å²) in [4.78, 5) is 32.3. The van der Waals surface area contributed by atoms with Crippen LogP contribution in [0.4, 0.5) is 0 Å². The van der Waals surface area contributed by atoms with Gasteiger partial charge in [0.2, 0.25) is 6.54 Å². The Bertz CT molecular complexity index is 355. The minimum atomic E-state index is -0.760. The molecule has 0 aromatic rings. The van der Waals surface area contributed by atoms with Crippen molar-refractivity contribution in [3.05, 3.63) is 10.1 Å². The summed E-state index contributed by atoms with van der Waals surface area (Å²) in [5.74, 6) is -0.782. The van der Waals surface area contributed by atoms with Crippen molar-refractivity contribution in [2.45, 2.75) is 57.8 Å². The molecule has 0 aliphatic heterocycles. The molecule has 6 nitrogen and oxygen atoms in total. The molecule has 0 amide bonds. The van der Waals surface area contributed by atoms with Crippen LogP contribution in [-0.4, -0.2) is 28.3 Å². The molecule has 1 aliphatic rings. The van der Waals surface area contributed by atoms with E-state index in [2.05, 4.69) is 0 Å². The van der Waals surface area contributed by atoms with Crippen LogP contribution in [0.1, 0.15) is 57.8 Å². The van der Waals surface area contributed by atoms with Crippen LogP contribution in [0.25, 0.3) is 0 Å². The first-order valence-corrected chi connectivity index (χ1v) is 7.37. The van der Waals surface area contributed by atoms with Crippen molar-refractivity contribution in [2.75, 3.05) is 6.54 Å². The second-order valence-corrected chi connectivity index (χ2v) is 5.59. The van der Waals surface area contributed by atoms with E-state index in [0.717, 1.165) is 32.1 Å².